The van der Waals surface area contributed by atoms with E-state index in [1.165, 1.54) is 45.3 Å². The van der Waals surface area contributed by atoms with Crippen molar-refractivity contribution in [2.75, 3.05) is 19.6 Å². The van der Waals surface area contributed by atoms with Crippen LogP contribution in [0.25, 0.3) is 0 Å². The quantitative estimate of drug-likeness (QED) is 0.792. The van der Waals surface area contributed by atoms with Gasteiger partial charge in [-0.05, 0) is 50.1 Å². The predicted octanol–water partition coefficient (Wildman–Crippen LogP) is 2.89. The van der Waals surface area contributed by atoms with Crippen LogP contribution < -0.4 is 5.32 Å². The highest BCUT2D eigenvalue weighted by Crippen LogP contribution is 2.31. The summed E-state index contributed by atoms with van der Waals surface area (Å²) in [7, 11) is 0. The van der Waals surface area contributed by atoms with E-state index in [9.17, 15) is 0 Å². The lowest BCUT2D eigenvalue weighted by atomic mass is 9.81. The topological polar surface area (TPSA) is 15.3 Å². The second kappa shape index (κ2) is 5.27. The molecule has 0 spiro atoms. The molecular weight excluding hydrogens is 208 g/mol. The summed E-state index contributed by atoms with van der Waals surface area (Å²) in [5.74, 6) is 0.766. The number of likely N-dealkylation sites (tertiary alicyclic amines) is 1. The molecule has 2 rings (SSSR count). The standard InChI is InChI=1S/C15H30N2/c1-12(2)14(11-16-13-5-6-13)17-9-7-15(3,4)8-10-17/h12-14,16H,5-11H2,1-4H3. The summed E-state index contributed by atoms with van der Waals surface area (Å²) < 4.78 is 0. The molecule has 0 aromatic heterocycles. The lowest BCUT2D eigenvalue weighted by Gasteiger charge is -2.42. The molecule has 0 aromatic carbocycles. The highest BCUT2D eigenvalue weighted by Gasteiger charge is 2.31. The van der Waals surface area contributed by atoms with Gasteiger partial charge in [-0.15, -0.1) is 0 Å². The van der Waals surface area contributed by atoms with E-state index in [1.807, 2.05) is 0 Å². The minimum atomic E-state index is 0.571. The first-order chi connectivity index (χ1) is 7.98. The first kappa shape index (κ1) is 13.4. The van der Waals surface area contributed by atoms with Crippen molar-refractivity contribution < 1.29 is 0 Å². The maximum atomic E-state index is 3.71. The van der Waals surface area contributed by atoms with Crippen LogP contribution in [0.15, 0.2) is 0 Å². The minimum absolute atomic E-state index is 0.571. The highest BCUT2D eigenvalue weighted by atomic mass is 15.2. The average Bonchev–Trinajstić information content (AvgIpc) is 3.03. The van der Waals surface area contributed by atoms with Gasteiger partial charge in [-0.2, -0.15) is 0 Å². The Bertz CT molecular complexity index is 233. The predicted molar refractivity (Wildman–Crippen MR) is 74.2 cm³/mol. The molecule has 0 radical (unpaired) electrons. The summed E-state index contributed by atoms with van der Waals surface area (Å²) in [6, 6.07) is 1.59. The van der Waals surface area contributed by atoms with Gasteiger partial charge < -0.3 is 5.32 Å². The molecule has 2 heteroatoms. The van der Waals surface area contributed by atoms with Crippen LogP contribution in [0.2, 0.25) is 0 Å². The van der Waals surface area contributed by atoms with Crippen LogP contribution in [-0.2, 0) is 0 Å². The summed E-state index contributed by atoms with van der Waals surface area (Å²) in [6.07, 6.45) is 5.52. The summed E-state index contributed by atoms with van der Waals surface area (Å²) in [5.41, 5.74) is 0.571. The molecule has 0 bridgehead atoms. The van der Waals surface area contributed by atoms with Gasteiger partial charge in [0.05, 0.1) is 0 Å². The van der Waals surface area contributed by atoms with Gasteiger partial charge in [-0.3, -0.25) is 4.90 Å². The lowest BCUT2D eigenvalue weighted by Crippen LogP contribution is -2.50. The molecule has 100 valence electrons. The fourth-order valence-electron chi connectivity index (χ4n) is 2.82. The van der Waals surface area contributed by atoms with Crippen LogP contribution in [0.1, 0.15) is 53.4 Å². The molecule has 0 amide bonds. The van der Waals surface area contributed by atoms with Crippen LogP contribution in [0.4, 0.5) is 0 Å². The third-order valence-electron chi connectivity index (χ3n) is 4.58. The van der Waals surface area contributed by atoms with E-state index >= 15 is 0 Å². The summed E-state index contributed by atoms with van der Waals surface area (Å²) in [6.45, 7) is 13.4. The Morgan fingerprint density at radius 3 is 2.24 bits per heavy atom. The third kappa shape index (κ3) is 3.96. The summed E-state index contributed by atoms with van der Waals surface area (Å²) in [5, 5.41) is 3.71. The van der Waals surface area contributed by atoms with E-state index < -0.39 is 0 Å². The number of rotatable bonds is 5. The first-order valence-electron chi connectivity index (χ1n) is 7.45. The zero-order valence-electron chi connectivity index (χ0n) is 12.1. The zero-order valence-corrected chi connectivity index (χ0v) is 12.1. The van der Waals surface area contributed by atoms with E-state index in [-0.39, 0.29) is 0 Å². The molecule has 17 heavy (non-hydrogen) atoms. The molecular formula is C15H30N2. The van der Waals surface area contributed by atoms with Crippen LogP contribution in [0, 0.1) is 11.3 Å². The van der Waals surface area contributed by atoms with E-state index in [0.717, 1.165) is 18.0 Å². The van der Waals surface area contributed by atoms with E-state index in [2.05, 4.69) is 37.9 Å². The second-order valence-electron chi connectivity index (χ2n) is 7.19. The van der Waals surface area contributed by atoms with Crippen molar-refractivity contribution in [1.82, 2.24) is 10.2 Å². The Hall–Kier alpha value is -0.0800. The van der Waals surface area contributed by atoms with E-state index in [1.54, 1.807) is 0 Å². The van der Waals surface area contributed by atoms with Crippen LogP contribution in [0.3, 0.4) is 0 Å². The Morgan fingerprint density at radius 1 is 1.18 bits per heavy atom. The Balaban J connectivity index is 1.82. The van der Waals surface area contributed by atoms with Gasteiger partial charge in [0.1, 0.15) is 0 Å². The smallest absolute Gasteiger partial charge is 0.0243 e. The van der Waals surface area contributed by atoms with Crippen molar-refractivity contribution in [3.8, 4) is 0 Å². The van der Waals surface area contributed by atoms with Crippen molar-refractivity contribution in [1.29, 1.82) is 0 Å². The maximum absolute atomic E-state index is 3.71. The van der Waals surface area contributed by atoms with Crippen molar-refractivity contribution in [2.45, 2.75) is 65.5 Å². The number of piperidine rings is 1. The Labute approximate surface area is 107 Å². The normalized spacial score (nSPS) is 27.4. The van der Waals surface area contributed by atoms with Crippen LogP contribution >= 0.6 is 0 Å². The van der Waals surface area contributed by atoms with Crippen LogP contribution in [0.5, 0.6) is 0 Å². The van der Waals surface area contributed by atoms with Crippen molar-refractivity contribution >= 4 is 0 Å². The average molecular weight is 238 g/mol. The fourth-order valence-corrected chi connectivity index (χ4v) is 2.82. The number of nitrogens with zero attached hydrogens (tertiary/aromatic N) is 1. The maximum Gasteiger partial charge on any atom is 0.0243 e. The summed E-state index contributed by atoms with van der Waals surface area (Å²) in [4.78, 5) is 2.73. The second-order valence-corrected chi connectivity index (χ2v) is 7.19. The van der Waals surface area contributed by atoms with E-state index in [0.29, 0.717) is 5.41 Å². The SMILES string of the molecule is CC(C)C(CNC1CC1)N1CCC(C)(C)CC1. The number of hydrogen-bond donors (Lipinski definition) is 1. The first-order valence-corrected chi connectivity index (χ1v) is 7.45. The van der Waals surface area contributed by atoms with Gasteiger partial charge >= 0.3 is 0 Å². The molecule has 2 fully saturated rings. The monoisotopic (exact) mass is 238 g/mol. The van der Waals surface area contributed by atoms with Gasteiger partial charge in [-0.1, -0.05) is 27.7 Å². The Kier molecular flexibility index (Phi) is 4.14. The molecule has 1 N–H and O–H groups in total. The molecule has 0 aromatic rings. The fraction of sp³-hybridized carbons (Fsp3) is 1.00. The number of nitrogens with one attached hydrogen (secondary N) is 1. The third-order valence-corrected chi connectivity index (χ3v) is 4.58. The van der Waals surface area contributed by atoms with Gasteiger partial charge in [-0.25, -0.2) is 0 Å². The Morgan fingerprint density at radius 2 is 1.76 bits per heavy atom. The van der Waals surface area contributed by atoms with Crippen molar-refractivity contribution in [3.63, 3.8) is 0 Å². The van der Waals surface area contributed by atoms with E-state index in [4.69, 9.17) is 0 Å². The molecule has 1 unspecified atom stereocenters. The molecule has 2 aliphatic rings. The molecule has 1 heterocycles. The molecule has 1 saturated heterocycles. The number of hydrogen-bond acceptors (Lipinski definition) is 2. The zero-order chi connectivity index (χ0) is 12.5. The largest absolute Gasteiger partial charge is 0.312 e. The van der Waals surface area contributed by atoms with Gasteiger partial charge in [0.25, 0.3) is 0 Å². The minimum Gasteiger partial charge on any atom is -0.312 e. The lowest BCUT2D eigenvalue weighted by molar-refractivity contribution is 0.0727. The molecule has 1 aliphatic carbocycles. The van der Waals surface area contributed by atoms with Gasteiger partial charge in [0.2, 0.25) is 0 Å². The van der Waals surface area contributed by atoms with Crippen LogP contribution in [-0.4, -0.2) is 36.6 Å². The van der Waals surface area contributed by atoms with Gasteiger partial charge in [0, 0.05) is 18.6 Å². The van der Waals surface area contributed by atoms with Gasteiger partial charge in [0.15, 0.2) is 0 Å². The summed E-state index contributed by atoms with van der Waals surface area (Å²) >= 11 is 0. The molecule has 1 saturated carbocycles. The molecule has 2 nitrogen and oxygen atoms in total. The highest BCUT2D eigenvalue weighted by molar-refractivity contribution is 4.88. The van der Waals surface area contributed by atoms with Crippen molar-refractivity contribution in [2.24, 2.45) is 11.3 Å². The molecule has 1 aliphatic heterocycles. The van der Waals surface area contributed by atoms with Crippen molar-refractivity contribution in [3.05, 3.63) is 0 Å². The molecule has 1 atom stereocenters.